The van der Waals surface area contributed by atoms with Crippen molar-refractivity contribution in [1.82, 2.24) is 9.97 Å². The van der Waals surface area contributed by atoms with Crippen molar-refractivity contribution in [3.8, 4) is 11.8 Å². The van der Waals surface area contributed by atoms with Crippen molar-refractivity contribution in [3.63, 3.8) is 0 Å². The first-order valence-corrected chi connectivity index (χ1v) is 5.54. The highest BCUT2D eigenvalue weighted by Crippen LogP contribution is 2.18. The Morgan fingerprint density at radius 2 is 1.67 bits per heavy atom. The highest BCUT2D eigenvalue weighted by molar-refractivity contribution is 14.1. The third kappa shape index (κ3) is 2.89. The van der Waals surface area contributed by atoms with E-state index in [1.54, 1.807) is 12.4 Å². The monoisotopic (exact) mass is 312 g/mol. The lowest BCUT2D eigenvalue weighted by molar-refractivity contribution is 0.441. The number of halogens is 1. The molecule has 0 aliphatic heterocycles. The zero-order chi connectivity index (χ0) is 10.7. The molecule has 0 saturated heterocycles. The van der Waals surface area contributed by atoms with Crippen LogP contribution in [0.2, 0.25) is 0 Å². The molecule has 3 nitrogen and oxygen atoms in total. The van der Waals surface area contributed by atoms with Crippen LogP contribution in [-0.2, 0) is 0 Å². The van der Waals surface area contributed by atoms with E-state index in [-0.39, 0.29) is 0 Å². The molecule has 0 atom stereocenters. The average molecular weight is 312 g/mol. The summed E-state index contributed by atoms with van der Waals surface area (Å²) in [6.45, 7) is 1.94. The van der Waals surface area contributed by atoms with E-state index in [0.29, 0.717) is 6.01 Å². The second-order valence-corrected chi connectivity index (χ2v) is 4.34. The Morgan fingerprint density at radius 3 is 2.27 bits per heavy atom. The molecule has 0 aliphatic carbocycles. The zero-order valence-electron chi connectivity index (χ0n) is 8.14. The molecule has 0 N–H and O–H groups in total. The molecule has 2 aromatic rings. The van der Waals surface area contributed by atoms with Crippen LogP contribution >= 0.6 is 22.6 Å². The highest BCUT2D eigenvalue weighted by Gasteiger charge is 1.98. The first-order valence-electron chi connectivity index (χ1n) is 4.46. The maximum Gasteiger partial charge on any atom is 0.321 e. The van der Waals surface area contributed by atoms with Crippen LogP contribution in [0.5, 0.6) is 11.8 Å². The minimum Gasteiger partial charge on any atom is -0.424 e. The summed E-state index contributed by atoms with van der Waals surface area (Å²) < 4.78 is 6.63. The summed E-state index contributed by atoms with van der Waals surface area (Å²) >= 11 is 2.25. The van der Waals surface area contributed by atoms with Gasteiger partial charge in [-0.05, 0) is 59.3 Å². The van der Waals surface area contributed by atoms with Crippen molar-refractivity contribution in [3.05, 3.63) is 45.8 Å². The topological polar surface area (TPSA) is 35.0 Å². The summed E-state index contributed by atoms with van der Waals surface area (Å²) in [5.74, 6) is 0.749. The average Bonchev–Trinajstić information content (AvgIpc) is 2.25. The van der Waals surface area contributed by atoms with Gasteiger partial charge in [0.1, 0.15) is 5.75 Å². The molecule has 0 amide bonds. The molecule has 0 fully saturated rings. The molecule has 76 valence electrons. The number of hydrogen-bond acceptors (Lipinski definition) is 3. The normalized spacial score (nSPS) is 10.0. The third-order valence-electron chi connectivity index (χ3n) is 1.78. The number of rotatable bonds is 2. The lowest BCUT2D eigenvalue weighted by atomic mass is 10.3. The Labute approximate surface area is 102 Å². The van der Waals surface area contributed by atoms with Crippen LogP contribution in [0, 0.1) is 10.5 Å². The molecular weight excluding hydrogens is 303 g/mol. The first-order chi connectivity index (χ1) is 7.24. The second kappa shape index (κ2) is 4.57. The van der Waals surface area contributed by atoms with Gasteiger partial charge in [-0.3, -0.25) is 0 Å². The van der Waals surface area contributed by atoms with Crippen LogP contribution in [0.3, 0.4) is 0 Å². The smallest absolute Gasteiger partial charge is 0.321 e. The fourth-order valence-electron chi connectivity index (χ4n) is 1.04. The van der Waals surface area contributed by atoms with Crippen LogP contribution in [0.25, 0.3) is 0 Å². The zero-order valence-corrected chi connectivity index (χ0v) is 10.3. The number of nitrogens with zero attached hydrogens (tertiary/aromatic N) is 2. The van der Waals surface area contributed by atoms with Gasteiger partial charge in [-0.1, -0.05) is 0 Å². The van der Waals surface area contributed by atoms with Crippen molar-refractivity contribution >= 4 is 22.6 Å². The van der Waals surface area contributed by atoms with Gasteiger partial charge in [-0.25, -0.2) is 9.97 Å². The quantitative estimate of drug-likeness (QED) is 0.799. The van der Waals surface area contributed by atoms with Crippen LogP contribution in [0.1, 0.15) is 5.56 Å². The van der Waals surface area contributed by atoms with Crippen molar-refractivity contribution < 1.29 is 4.74 Å². The Hall–Kier alpha value is -1.17. The lowest BCUT2D eigenvalue weighted by Gasteiger charge is -2.03. The van der Waals surface area contributed by atoms with Gasteiger partial charge >= 0.3 is 6.01 Å². The predicted molar refractivity (Wildman–Crippen MR) is 66.0 cm³/mol. The van der Waals surface area contributed by atoms with Crippen LogP contribution in [-0.4, -0.2) is 9.97 Å². The van der Waals surface area contributed by atoms with Crippen LogP contribution < -0.4 is 4.74 Å². The Kier molecular flexibility index (Phi) is 3.15. The van der Waals surface area contributed by atoms with Gasteiger partial charge in [-0.15, -0.1) is 0 Å². The van der Waals surface area contributed by atoms with E-state index < -0.39 is 0 Å². The number of ether oxygens (including phenoxy) is 1. The van der Waals surface area contributed by atoms with Crippen molar-refractivity contribution in [1.29, 1.82) is 0 Å². The van der Waals surface area contributed by atoms with Gasteiger partial charge in [0.05, 0.1) is 0 Å². The first kappa shape index (κ1) is 10.4. The molecule has 15 heavy (non-hydrogen) atoms. The van der Waals surface area contributed by atoms with E-state index in [1.165, 1.54) is 3.57 Å². The molecule has 0 unspecified atom stereocenters. The van der Waals surface area contributed by atoms with Crippen LogP contribution in [0.4, 0.5) is 0 Å². The van der Waals surface area contributed by atoms with Crippen molar-refractivity contribution in [2.45, 2.75) is 6.92 Å². The van der Waals surface area contributed by atoms with Gasteiger partial charge < -0.3 is 4.74 Å². The molecule has 1 aromatic heterocycles. The SMILES string of the molecule is Cc1cnc(Oc2ccc(I)cc2)nc1. The molecule has 2 rings (SSSR count). The minimum atomic E-state index is 0.377. The van der Waals surface area contributed by atoms with Gasteiger partial charge in [0.25, 0.3) is 0 Å². The predicted octanol–water partition coefficient (Wildman–Crippen LogP) is 3.18. The van der Waals surface area contributed by atoms with Gasteiger partial charge in [0.15, 0.2) is 0 Å². The Morgan fingerprint density at radius 1 is 1.07 bits per heavy atom. The lowest BCUT2D eigenvalue weighted by Crippen LogP contribution is -1.91. The largest absolute Gasteiger partial charge is 0.424 e. The van der Waals surface area contributed by atoms with E-state index in [4.69, 9.17) is 4.74 Å². The van der Waals surface area contributed by atoms with E-state index in [2.05, 4.69) is 32.6 Å². The molecular formula is C11H9IN2O. The van der Waals surface area contributed by atoms with Gasteiger partial charge in [-0.2, -0.15) is 0 Å². The minimum absolute atomic E-state index is 0.377. The molecule has 0 bridgehead atoms. The summed E-state index contributed by atoms with van der Waals surface area (Å²) in [4.78, 5) is 8.12. The summed E-state index contributed by atoms with van der Waals surface area (Å²) in [5, 5.41) is 0. The summed E-state index contributed by atoms with van der Waals surface area (Å²) in [6.07, 6.45) is 3.46. The number of aromatic nitrogens is 2. The van der Waals surface area contributed by atoms with Gasteiger partial charge in [0.2, 0.25) is 0 Å². The Balaban J connectivity index is 2.15. The molecule has 1 aromatic carbocycles. The summed E-state index contributed by atoms with van der Waals surface area (Å²) in [6, 6.07) is 8.12. The fourth-order valence-corrected chi connectivity index (χ4v) is 1.40. The number of aryl methyl sites for hydroxylation is 1. The molecule has 4 heteroatoms. The van der Waals surface area contributed by atoms with Crippen LogP contribution in [0.15, 0.2) is 36.7 Å². The van der Waals surface area contributed by atoms with E-state index in [9.17, 15) is 0 Å². The molecule has 1 heterocycles. The van der Waals surface area contributed by atoms with Crippen molar-refractivity contribution in [2.75, 3.05) is 0 Å². The Bertz CT molecular complexity index is 396. The second-order valence-electron chi connectivity index (χ2n) is 3.10. The van der Waals surface area contributed by atoms with E-state index in [1.807, 2.05) is 31.2 Å². The van der Waals surface area contributed by atoms with Gasteiger partial charge in [0, 0.05) is 16.0 Å². The molecule has 0 saturated carbocycles. The van der Waals surface area contributed by atoms with Crippen molar-refractivity contribution in [2.24, 2.45) is 0 Å². The maximum absolute atomic E-state index is 5.46. The maximum atomic E-state index is 5.46. The molecule has 0 radical (unpaired) electrons. The number of hydrogen-bond donors (Lipinski definition) is 0. The summed E-state index contributed by atoms with van der Waals surface area (Å²) in [5.41, 5.74) is 1.02. The van der Waals surface area contributed by atoms with E-state index >= 15 is 0 Å². The highest BCUT2D eigenvalue weighted by atomic mass is 127. The molecule has 0 spiro atoms. The number of benzene rings is 1. The fraction of sp³-hybridized carbons (Fsp3) is 0.0909. The summed E-state index contributed by atoms with van der Waals surface area (Å²) in [7, 11) is 0. The standard InChI is InChI=1S/C11H9IN2O/c1-8-6-13-11(14-7-8)15-10-4-2-9(12)3-5-10/h2-7H,1H3. The molecule has 0 aliphatic rings. The third-order valence-corrected chi connectivity index (χ3v) is 2.50. The van der Waals surface area contributed by atoms with E-state index in [0.717, 1.165) is 11.3 Å².